The quantitative estimate of drug-likeness (QED) is 0.126. The molecule has 3 aliphatic heterocycles. The minimum absolute atomic E-state index is 0.0581. The first-order valence-corrected chi connectivity index (χ1v) is 17.6. The Morgan fingerprint density at radius 2 is 1.69 bits per heavy atom. The number of likely N-dealkylation sites (tertiary alicyclic amines) is 2. The predicted octanol–water partition coefficient (Wildman–Crippen LogP) is -1.29. The maximum absolute atomic E-state index is 14.6. The van der Waals surface area contributed by atoms with Crippen LogP contribution in [0.4, 0.5) is 14.6 Å². The van der Waals surface area contributed by atoms with Gasteiger partial charge in [-0.2, -0.15) is 13.8 Å². The fourth-order valence-corrected chi connectivity index (χ4v) is 6.97. The van der Waals surface area contributed by atoms with E-state index in [1.54, 1.807) is 6.20 Å². The Morgan fingerprint density at radius 3 is 2.31 bits per heavy atom. The number of hydrogen-bond acceptors (Lipinski definition) is 12. The molecular weight excluding hydrogens is 730 g/mol. The lowest BCUT2D eigenvalue weighted by atomic mass is 10.1. The van der Waals surface area contributed by atoms with Crippen LogP contribution in [0.1, 0.15) is 54.9 Å². The summed E-state index contributed by atoms with van der Waals surface area (Å²) in [5.41, 5.74) is -0.493. The number of hydrogen-bond donors (Lipinski definition) is 6. The first-order chi connectivity index (χ1) is 26.3. The molecule has 6 rings (SSSR count). The Balaban J connectivity index is 1.13. The van der Waals surface area contributed by atoms with Crippen LogP contribution in [-0.2, 0) is 30.3 Å². The van der Waals surface area contributed by atoms with Crippen LogP contribution >= 0.6 is 0 Å². The molecule has 3 saturated heterocycles. The molecule has 6 heterocycles. The van der Waals surface area contributed by atoms with Crippen LogP contribution in [0.15, 0.2) is 54.1 Å². The summed E-state index contributed by atoms with van der Waals surface area (Å²) in [6, 6.07) is -0.115. The van der Waals surface area contributed by atoms with Gasteiger partial charge in [0.05, 0.1) is 18.6 Å². The van der Waals surface area contributed by atoms with E-state index in [9.17, 15) is 47.8 Å². The molecule has 3 unspecified atom stereocenters. The number of aromatic nitrogens is 5. The van der Waals surface area contributed by atoms with Gasteiger partial charge in [0.1, 0.15) is 36.1 Å². The Kier molecular flexibility index (Phi) is 11.6. The van der Waals surface area contributed by atoms with Crippen LogP contribution in [0.3, 0.4) is 0 Å². The highest BCUT2D eigenvalue weighted by atomic mass is 19.3. The lowest BCUT2D eigenvalue weighted by Gasteiger charge is -2.31. The van der Waals surface area contributed by atoms with E-state index in [4.69, 9.17) is 4.74 Å². The van der Waals surface area contributed by atoms with Crippen LogP contribution < -0.4 is 21.6 Å². The van der Waals surface area contributed by atoms with Crippen molar-refractivity contribution >= 4 is 35.4 Å². The number of aromatic amines is 1. The summed E-state index contributed by atoms with van der Waals surface area (Å²) in [5, 5.41) is 26.9. The third kappa shape index (κ3) is 8.22. The summed E-state index contributed by atoms with van der Waals surface area (Å²) in [6.07, 6.45) is 1.85. The fraction of sp³-hybridized carbons (Fsp3) is 0.500. The number of carbonyl (C=O) groups excluding carboxylic acids is 5. The van der Waals surface area contributed by atoms with E-state index in [0.29, 0.717) is 35.1 Å². The van der Waals surface area contributed by atoms with Crippen molar-refractivity contribution in [1.29, 1.82) is 0 Å². The second-order valence-corrected chi connectivity index (χ2v) is 13.5. The number of rotatable bonds is 12. The van der Waals surface area contributed by atoms with Gasteiger partial charge in [0.15, 0.2) is 6.10 Å². The number of aliphatic hydroxyl groups excluding tert-OH is 2. The maximum Gasteiger partial charge on any atom is 0.351 e. The number of amides is 5. The average Bonchev–Trinajstić information content (AvgIpc) is 4.00. The fourth-order valence-electron chi connectivity index (χ4n) is 6.97. The molecule has 0 saturated carbocycles. The van der Waals surface area contributed by atoms with Gasteiger partial charge in [-0.3, -0.25) is 33.5 Å². The van der Waals surface area contributed by atoms with Crippen LogP contribution in [0, 0.1) is 0 Å². The van der Waals surface area contributed by atoms with Crippen molar-refractivity contribution in [2.45, 2.75) is 87.6 Å². The van der Waals surface area contributed by atoms with E-state index in [0.717, 1.165) is 12.3 Å². The summed E-state index contributed by atoms with van der Waals surface area (Å²) in [6.45, 7) is 0.987. The van der Waals surface area contributed by atoms with Crippen molar-refractivity contribution in [3.8, 4) is 0 Å². The number of halogens is 2. The van der Waals surface area contributed by atoms with Gasteiger partial charge in [-0.15, -0.1) is 0 Å². The molecule has 19 nitrogen and oxygen atoms in total. The second kappa shape index (κ2) is 16.4. The minimum atomic E-state index is -3.93. The smallest absolute Gasteiger partial charge is 0.351 e. The van der Waals surface area contributed by atoms with Crippen LogP contribution in [0.2, 0.25) is 0 Å². The van der Waals surface area contributed by atoms with E-state index in [1.165, 1.54) is 47.6 Å². The van der Waals surface area contributed by atoms with Crippen molar-refractivity contribution < 1.29 is 47.7 Å². The third-order valence-corrected chi connectivity index (χ3v) is 9.81. The van der Waals surface area contributed by atoms with E-state index in [2.05, 4.69) is 35.9 Å². The Labute approximate surface area is 311 Å². The Bertz CT molecular complexity index is 1950. The average molecular weight is 771 g/mol. The van der Waals surface area contributed by atoms with Gasteiger partial charge in [0.2, 0.25) is 29.9 Å². The number of anilines is 1. The van der Waals surface area contributed by atoms with E-state index < -0.39 is 90.4 Å². The van der Waals surface area contributed by atoms with Crippen molar-refractivity contribution in [1.82, 2.24) is 44.9 Å². The molecular formula is C34H40F2N10O9. The van der Waals surface area contributed by atoms with Crippen molar-refractivity contribution in [3.05, 3.63) is 71.1 Å². The molecule has 0 bridgehead atoms. The molecule has 0 spiro atoms. The standard InChI is InChI=1S/C34H40F2N10O9/c1-18(40-27(49)19-6-9-37-10-7-19)30(52)44-11-2-4-22(44)28(50)41-21(14-20-15-38-17-39-20)31(53)45-12-3-5-23(45)29(51)42-25-8-13-46(33(54)43-25)32-34(35,36)26(48)24(16-47)55-32/h6-10,13,15,17-18,21-24,26,32,47-48H,2-5,11-12,14,16H2,1H3,(H,38,39)(H,40,49)(H,41,50)(H,42,43,51,54)/t18-,21+,22+,23-,24?,26?,32?/m1/s1. The number of alkyl halides is 2. The number of H-pyrrole nitrogens is 1. The molecule has 3 aromatic rings. The van der Waals surface area contributed by atoms with Crippen molar-refractivity contribution in [3.63, 3.8) is 0 Å². The number of carbonyl (C=O) groups is 5. The molecule has 6 N–H and O–H groups in total. The first kappa shape index (κ1) is 39.0. The largest absolute Gasteiger partial charge is 0.394 e. The number of aliphatic hydroxyl groups is 2. The highest BCUT2D eigenvalue weighted by molar-refractivity contribution is 6.00. The van der Waals surface area contributed by atoms with Gasteiger partial charge < -0.3 is 45.7 Å². The number of pyridine rings is 1. The normalized spacial score (nSPS) is 24.3. The van der Waals surface area contributed by atoms with Gasteiger partial charge in [-0.1, -0.05) is 0 Å². The molecule has 0 radical (unpaired) electrons. The molecule has 21 heteroatoms. The number of nitrogens with zero attached hydrogens (tertiary/aromatic N) is 6. The van der Waals surface area contributed by atoms with Crippen LogP contribution in [0.5, 0.6) is 0 Å². The Hall–Kier alpha value is -5.67. The van der Waals surface area contributed by atoms with Crippen molar-refractivity contribution in [2.24, 2.45) is 0 Å². The van der Waals surface area contributed by atoms with Crippen LogP contribution in [-0.4, -0.2) is 136 Å². The zero-order chi connectivity index (χ0) is 39.4. The SMILES string of the molecule is C[C@@H](NC(=O)c1ccncc1)C(=O)N1CCC[C@H]1C(=O)N[C@@H](Cc1c[nH]cn1)C(=O)N1CCC[C@@H]1C(=O)Nc1ccn(C2OC(CO)C(O)C2(F)F)c(=O)n1. The highest BCUT2D eigenvalue weighted by Gasteiger charge is 2.59. The Morgan fingerprint density at radius 1 is 1.02 bits per heavy atom. The molecule has 0 aliphatic carbocycles. The molecule has 7 atom stereocenters. The summed E-state index contributed by atoms with van der Waals surface area (Å²) in [5.74, 6) is -7.14. The third-order valence-electron chi connectivity index (χ3n) is 9.81. The van der Waals surface area contributed by atoms with E-state index >= 15 is 0 Å². The van der Waals surface area contributed by atoms with Gasteiger partial charge in [-0.05, 0) is 50.8 Å². The molecule has 3 aromatic heterocycles. The first-order valence-electron chi connectivity index (χ1n) is 17.6. The van der Waals surface area contributed by atoms with Gasteiger partial charge in [-0.25, -0.2) is 9.78 Å². The minimum Gasteiger partial charge on any atom is -0.394 e. The lowest BCUT2D eigenvalue weighted by molar-refractivity contribution is -0.143. The topological polar surface area (TPSA) is 254 Å². The second-order valence-electron chi connectivity index (χ2n) is 13.5. The zero-order valence-electron chi connectivity index (χ0n) is 29.5. The molecule has 3 fully saturated rings. The molecule has 55 heavy (non-hydrogen) atoms. The molecule has 5 amide bonds. The van der Waals surface area contributed by atoms with Crippen LogP contribution in [0.25, 0.3) is 0 Å². The van der Waals surface area contributed by atoms with Gasteiger partial charge >= 0.3 is 11.6 Å². The monoisotopic (exact) mass is 770 g/mol. The summed E-state index contributed by atoms with van der Waals surface area (Å²) in [7, 11) is 0. The highest BCUT2D eigenvalue weighted by Crippen LogP contribution is 2.42. The molecule has 0 aromatic carbocycles. The summed E-state index contributed by atoms with van der Waals surface area (Å²) < 4.78 is 34.7. The van der Waals surface area contributed by atoms with E-state index in [-0.39, 0.29) is 31.7 Å². The molecule has 294 valence electrons. The lowest BCUT2D eigenvalue weighted by Crippen LogP contribution is -2.57. The number of ether oxygens (including phenoxy) is 1. The summed E-state index contributed by atoms with van der Waals surface area (Å²) in [4.78, 5) is 97.4. The molecule has 3 aliphatic rings. The van der Waals surface area contributed by atoms with Gasteiger partial charge in [0, 0.05) is 49.9 Å². The zero-order valence-corrected chi connectivity index (χ0v) is 29.5. The number of nitrogens with one attached hydrogen (secondary N) is 4. The van der Waals surface area contributed by atoms with Crippen molar-refractivity contribution in [2.75, 3.05) is 25.0 Å². The van der Waals surface area contributed by atoms with Gasteiger partial charge in [0.25, 0.3) is 5.91 Å². The van der Waals surface area contributed by atoms with E-state index in [1.807, 2.05) is 0 Å². The predicted molar refractivity (Wildman–Crippen MR) is 184 cm³/mol. The maximum atomic E-state index is 14.6. The number of imidazole rings is 1. The summed E-state index contributed by atoms with van der Waals surface area (Å²) >= 11 is 0.